The van der Waals surface area contributed by atoms with E-state index in [4.69, 9.17) is 14.2 Å². The summed E-state index contributed by atoms with van der Waals surface area (Å²) < 4.78 is 17.9. The molecule has 238 valence electrons. The number of amides is 3. The molecule has 0 radical (unpaired) electrons. The van der Waals surface area contributed by atoms with E-state index in [1.165, 1.54) is 4.90 Å². The molecule has 10 heteroatoms. The summed E-state index contributed by atoms with van der Waals surface area (Å²) in [4.78, 5) is 48.9. The van der Waals surface area contributed by atoms with Gasteiger partial charge in [-0.3, -0.25) is 14.4 Å². The van der Waals surface area contributed by atoms with Crippen LogP contribution in [0.25, 0.3) is 0 Å². The normalized spacial score (nSPS) is 29.8. The molecular formula is C35H41N3O7. The van der Waals surface area contributed by atoms with E-state index >= 15 is 0 Å². The van der Waals surface area contributed by atoms with Gasteiger partial charge in [-0.05, 0) is 68.3 Å². The number of hydrogen-bond donors (Lipinski definition) is 1. The maximum absolute atomic E-state index is 14.8. The number of aliphatic hydroxyl groups is 1. The first-order valence-corrected chi connectivity index (χ1v) is 15.6. The Morgan fingerprint density at radius 1 is 0.867 bits per heavy atom. The highest BCUT2D eigenvalue weighted by atomic mass is 16.5. The maximum Gasteiger partial charge on any atom is 0.253 e. The fourth-order valence-corrected chi connectivity index (χ4v) is 7.55. The minimum Gasteiger partial charge on any atom is -0.497 e. The fraction of sp³-hybridized carbons (Fsp3) is 0.457. The van der Waals surface area contributed by atoms with E-state index < -0.39 is 35.1 Å². The number of hydrogen-bond acceptors (Lipinski definition) is 7. The molecule has 2 aromatic rings. The molecule has 4 aliphatic heterocycles. The van der Waals surface area contributed by atoms with Crippen molar-refractivity contribution < 1.29 is 33.7 Å². The molecule has 45 heavy (non-hydrogen) atoms. The maximum atomic E-state index is 14.8. The largest absolute Gasteiger partial charge is 0.497 e. The van der Waals surface area contributed by atoms with Crippen LogP contribution >= 0.6 is 0 Å². The van der Waals surface area contributed by atoms with Gasteiger partial charge in [-0.15, -0.1) is 0 Å². The van der Waals surface area contributed by atoms with Crippen LogP contribution in [0.4, 0.5) is 11.4 Å². The van der Waals surface area contributed by atoms with Crippen molar-refractivity contribution in [2.75, 3.05) is 43.2 Å². The number of anilines is 2. The SMILES string of the molecule is CCOc1ccc(N2CC=C[C@]3(C)O[C@]45C=CCN(c6ccc(OC)cc6)C(=O)C4N([C@@H](CO)C(C)C)C(=O)[C@@H]5[C@@H]3C2=O)cc1. The molecule has 0 saturated carbocycles. The quantitative estimate of drug-likeness (QED) is 0.453. The molecule has 6 atom stereocenters. The first-order valence-electron chi connectivity index (χ1n) is 15.6. The molecular weight excluding hydrogens is 574 g/mol. The Labute approximate surface area is 263 Å². The summed E-state index contributed by atoms with van der Waals surface area (Å²) in [5.41, 5.74) is -1.28. The van der Waals surface area contributed by atoms with Crippen LogP contribution in [0.5, 0.6) is 11.5 Å². The molecule has 4 aliphatic rings. The van der Waals surface area contributed by atoms with Crippen molar-refractivity contribution in [1.82, 2.24) is 4.90 Å². The summed E-state index contributed by atoms with van der Waals surface area (Å²) >= 11 is 0. The van der Waals surface area contributed by atoms with E-state index in [0.717, 1.165) is 0 Å². The second-order valence-electron chi connectivity index (χ2n) is 12.6. The summed E-state index contributed by atoms with van der Waals surface area (Å²) in [6, 6.07) is 12.7. The molecule has 2 fully saturated rings. The molecule has 1 unspecified atom stereocenters. The first-order chi connectivity index (χ1) is 21.6. The molecule has 4 heterocycles. The van der Waals surface area contributed by atoms with Gasteiger partial charge >= 0.3 is 0 Å². The van der Waals surface area contributed by atoms with Crippen LogP contribution in [-0.4, -0.2) is 84.4 Å². The van der Waals surface area contributed by atoms with E-state index in [1.54, 1.807) is 41.2 Å². The Morgan fingerprint density at radius 2 is 1.44 bits per heavy atom. The predicted molar refractivity (Wildman–Crippen MR) is 169 cm³/mol. The highest BCUT2D eigenvalue weighted by Crippen LogP contribution is 2.58. The van der Waals surface area contributed by atoms with Crippen molar-refractivity contribution >= 4 is 29.1 Å². The molecule has 10 nitrogen and oxygen atoms in total. The van der Waals surface area contributed by atoms with Crippen molar-refractivity contribution in [2.45, 2.75) is 51.0 Å². The lowest BCUT2D eigenvalue weighted by Gasteiger charge is -2.41. The van der Waals surface area contributed by atoms with E-state index in [1.807, 2.05) is 76.3 Å². The summed E-state index contributed by atoms with van der Waals surface area (Å²) in [6.07, 6.45) is 7.42. The zero-order chi connectivity index (χ0) is 32.1. The van der Waals surface area contributed by atoms with Gasteiger partial charge in [-0.25, -0.2) is 0 Å². The van der Waals surface area contributed by atoms with Crippen molar-refractivity contribution in [1.29, 1.82) is 0 Å². The Morgan fingerprint density at radius 3 is 2.00 bits per heavy atom. The summed E-state index contributed by atoms with van der Waals surface area (Å²) in [5.74, 6) is -1.68. The van der Waals surface area contributed by atoms with Gasteiger partial charge in [0, 0.05) is 24.5 Å². The molecule has 3 amide bonds. The minimum absolute atomic E-state index is 0.166. The number of aliphatic hydroxyl groups excluding tert-OH is 1. The zero-order valence-corrected chi connectivity index (χ0v) is 26.4. The van der Waals surface area contributed by atoms with Gasteiger partial charge in [0.05, 0.1) is 43.8 Å². The molecule has 1 spiro atoms. The van der Waals surface area contributed by atoms with Crippen molar-refractivity contribution in [3.8, 4) is 11.5 Å². The van der Waals surface area contributed by atoms with Gasteiger partial charge in [-0.1, -0.05) is 38.2 Å². The summed E-state index contributed by atoms with van der Waals surface area (Å²) in [5, 5.41) is 10.6. The molecule has 2 aromatic carbocycles. The van der Waals surface area contributed by atoms with E-state index in [0.29, 0.717) is 36.0 Å². The number of methoxy groups -OCH3 is 1. The van der Waals surface area contributed by atoms with Gasteiger partial charge < -0.3 is 34.0 Å². The van der Waals surface area contributed by atoms with E-state index in [9.17, 15) is 19.5 Å². The number of likely N-dealkylation sites (tertiary alicyclic amines) is 1. The average molecular weight is 616 g/mol. The second kappa shape index (κ2) is 11.7. The third-order valence-corrected chi connectivity index (χ3v) is 9.65. The lowest BCUT2D eigenvalue weighted by molar-refractivity contribution is -0.149. The fourth-order valence-electron chi connectivity index (χ4n) is 7.55. The van der Waals surface area contributed by atoms with Crippen LogP contribution in [0.3, 0.4) is 0 Å². The number of rotatable bonds is 8. The highest BCUT2D eigenvalue weighted by Gasteiger charge is 2.75. The monoisotopic (exact) mass is 615 g/mol. The topological polar surface area (TPSA) is 109 Å². The van der Waals surface area contributed by atoms with E-state index in [2.05, 4.69) is 0 Å². The zero-order valence-electron chi connectivity index (χ0n) is 26.4. The number of ether oxygens (including phenoxy) is 3. The number of fused-ring (bicyclic) bond motifs is 2. The number of carbonyl (C=O) groups is 3. The van der Waals surface area contributed by atoms with Crippen molar-refractivity contribution in [3.05, 3.63) is 72.8 Å². The highest BCUT2D eigenvalue weighted by molar-refractivity contribution is 6.07. The van der Waals surface area contributed by atoms with Crippen LogP contribution in [0, 0.1) is 17.8 Å². The van der Waals surface area contributed by atoms with Crippen molar-refractivity contribution in [2.24, 2.45) is 17.8 Å². The number of benzene rings is 2. The Hall–Kier alpha value is -4.15. The molecule has 0 aliphatic carbocycles. The lowest BCUT2D eigenvalue weighted by atomic mass is 9.74. The average Bonchev–Trinajstić information content (AvgIpc) is 3.29. The van der Waals surface area contributed by atoms with Gasteiger partial charge in [0.2, 0.25) is 11.8 Å². The van der Waals surface area contributed by atoms with Crippen LogP contribution < -0.4 is 19.3 Å². The lowest BCUT2D eigenvalue weighted by Crippen LogP contribution is -2.59. The smallest absolute Gasteiger partial charge is 0.253 e. The standard InChI is InChI=1S/C35H41N3O7/c1-6-44-26-15-11-23(12-16-26)36-19-7-17-34(4)28(31(36)40)29-32(41)38(27(21-39)22(2)3)30-33(42)37(20-8-18-35(29,30)45-34)24-9-13-25(43-5)14-10-24/h7-18,22,27-30,39H,6,19-21H2,1-5H3/t27-,28+,29-,30?,34-,35-/m0/s1. The Kier molecular flexibility index (Phi) is 7.99. The van der Waals surface area contributed by atoms with Gasteiger partial charge in [0.25, 0.3) is 5.91 Å². The third kappa shape index (κ3) is 4.82. The van der Waals surface area contributed by atoms with Crippen LogP contribution in [0.1, 0.15) is 27.7 Å². The van der Waals surface area contributed by atoms with E-state index in [-0.39, 0.29) is 36.8 Å². The molecule has 6 rings (SSSR count). The van der Waals surface area contributed by atoms with Crippen molar-refractivity contribution in [3.63, 3.8) is 0 Å². The number of carbonyl (C=O) groups excluding carboxylic acids is 3. The van der Waals surface area contributed by atoms with Crippen LogP contribution in [0.2, 0.25) is 0 Å². The first kappa shape index (κ1) is 30.9. The summed E-state index contributed by atoms with van der Waals surface area (Å²) in [6.45, 7) is 8.29. The van der Waals surface area contributed by atoms with Gasteiger partial charge in [0.15, 0.2) is 0 Å². The minimum atomic E-state index is -1.43. The predicted octanol–water partition coefficient (Wildman–Crippen LogP) is 3.59. The molecule has 0 aromatic heterocycles. The van der Waals surface area contributed by atoms with Gasteiger partial charge in [-0.2, -0.15) is 0 Å². The molecule has 2 saturated heterocycles. The molecule has 0 bridgehead atoms. The second-order valence-corrected chi connectivity index (χ2v) is 12.6. The Bertz CT molecular complexity index is 1520. The van der Waals surface area contributed by atoms with Crippen LogP contribution in [0.15, 0.2) is 72.8 Å². The van der Waals surface area contributed by atoms with Crippen LogP contribution in [-0.2, 0) is 19.1 Å². The Balaban J connectivity index is 1.46. The third-order valence-electron chi connectivity index (χ3n) is 9.65. The molecule has 1 N–H and O–H groups in total. The van der Waals surface area contributed by atoms with Gasteiger partial charge in [0.1, 0.15) is 23.1 Å². The number of nitrogens with zero attached hydrogens (tertiary/aromatic N) is 3. The summed E-state index contributed by atoms with van der Waals surface area (Å²) in [7, 11) is 1.58.